The number of ketones is 1. The summed E-state index contributed by atoms with van der Waals surface area (Å²) in [6.45, 7) is 5.08. The van der Waals surface area contributed by atoms with Gasteiger partial charge in [0.2, 0.25) is 0 Å². The van der Waals surface area contributed by atoms with Crippen LogP contribution < -0.4 is 5.43 Å². The normalized spacial score (nSPS) is 48.1. The number of hydrazone groups is 1. The largest absolute Gasteiger partial charge is 0.302 e. The molecular formula is C26H34N2O. The summed E-state index contributed by atoms with van der Waals surface area (Å²) in [6, 6.07) is 11.3. The van der Waals surface area contributed by atoms with Crippen molar-refractivity contribution in [2.45, 2.75) is 71.3 Å². The Morgan fingerprint density at radius 3 is 2.69 bits per heavy atom. The van der Waals surface area contributed by atoms with Crippen LogP contribution in [0.5, 0.6) is 0 Å². The molecular weight excluding hydrogens is 356 g/mol. The van der Waals surface area contributed by atoms with Crippen LogP contribution in [0.15, 0.2) is 35.4 Å². The third-order valence-electron chi connectivity index (χ3n) is 10.2. The number of rotatable bonds is 1. The van der Waals surface area contributed by atoms with E-state index >= 15 is 0 Å². The number of hydrogen-bond acceptors (Lipinski definition) is 3. The van der Waals surface area contributed by atoms with Gasteiger partial charge in [0.1, 0.15) is 5.78 Å². The summed E-state index contributed by atoms with van der Waals surface area (Å²) in [5.74, 6) is 4.14. The number of carbonyl (C=O) groups is 1. The van der Waals surface area contributed by atoms with Crippen LogP contribution in [0, 0.1) is 40.4 Å². The summed E-state index contributed by atoms with van der Waals surface area (Å²) in [5, 5.41) is 4.98. The van der Waals surface area contributed by atoms with Crippen molar-refractivity contribution in [3.63, 3.8) is 0 Å². The lowest BCUT2D eigenvalue weighted by molar-refractivity contribution is -0.136. The molecule has 4 saturated carbocycles. The van der Waals surface area contributed by atoms with Crippen LogP contribution in [-0.2, 0) is 4.79 Å². The molecule has 1 aromatic carbocycles. The SMILES string of the molecule is C[C@]12CCC(=O)C[C@@H]1CC[C@@H]1[C@@H]2CC[C@]2(C)C3=NN[C@H](c4ccccc4)[C@H]3C[C@@H]12. The van der Waals surface area contributed by atoms with Crippen LogP contribution in [0.4, 0.5) is 0 Å². The van der Waals surface area contributed by atoms with Gasteiger partial charge < -0.3 is 5.43 Å². The van der Waals surface area contributed by atoms with Gasteiger partial charge in [-0.25, -0.2) is 0 Å². The molecule has 0 spiro atoms. The van der Waals surface area contributed by atoms with Crippen LogP contribution >= 0.6 is 0 Å². The summed E-state index contributed by atoms with van der Waals surface area (Å²) in [7, 11) is 0. The second-order valence-electron chi connectivity index (χ2n) is 11.2. The first-order valence-corrected chi connectivity index (χ1v) is 11.9. The second-order valence-corrected chi connectivity index (χ2v) is 11.2. The first-order chi connectivity index (χ1) is 14.0. The van der Waals surface area contributed by atoms with Crippen molar-refractivity contribution >= 4 is 11.5 Å². The van der Waals surface area contributed by atoms with E-state index in [0.29, 0.717) is 29.1 Å². The van der Waals surface area contributed by atoms with E-state index in [4.69, 9.17) is 5.10 Å². The Kier molecular flexibility index (Phi) is 3.87. The molecule has 6 rings (SSSR count). The quantitative estimate of drug-likeness (QED) is 0.685. The number of benzene rings is 1. The molecule has 0 aromatic heterocycles. The number of Topliss-reactive ketones (excluding diaryl/α,β-unsaturated/α-hetero) is 1. The number of carbonyl (C=O) groups excluding carboxylic acids is 1. The van der Waals surface area contributed by atoms with Crippen molar-refractivity contribution < 1.29 is 4.79 Å². The van der Waals surface area contributed by atoms with E-state index in [0.717, 1.165) is 37.0 Å². The molecule has 1 aliphatic heterocycles. The minimum atomic E-state index is 0.274. The lowest BCUT2D eigenvalue weighted by atomic mass is 9.45. The molecule has 0 amide bonds. The number of hydrogen-bond donors (Lipinski definition) is 1. The van der Waals surface area contributed by atoms with Gasteiger partial charge >= 0.3 is 0 Å². The fraction of sp³-hybridized carbons (Fsp3) is 0.692. The molecule has 29 heavy (non-hydrogen) atoms. The Hall–Kier alpha value is -1.64. The molecule has 154 valence electrons. The number of fused-ring (bicyclic) bond motifs is 7. The predicted molar refractivity (Wildman–Crippen MR) is 115 cm³/mol. The minimum Gasteiger partial charge on any atom is -0.302 e. The van der Waals surface area contributed by atoms with E-state index in [9.17, 15) is 4.79 Å². The highest BCUT2D eigenvalue weighted by Gasteiger charge is 2.63. The zero-order valence-corrected chi connectivity index (χ0v) is 17.9. The summed E-state index contributed by atoms with van der Waals surface area (Å²) in [4.78, 5) is 12.1. The Morgan fingerprint density at radius 1 is 1.03 bits per heavy atom. The van der Waals surface area contributed by atoms with Crippen LogP contribution in [0.1, 0.15) is 76.8 Å². The molecule has 0 bridgehead atoms. The third kappa shape index (κ3) is 2.42. The summed E-state index contributed by atoms with van der Waals surface area (Å²) in [6.07, 6.45) is 9.34. The molecule has 0 radical (unpaired) electrons. The van der Waals surface area contributed by atoms with Gasteiger partial charge in [-0.1, -0.05) is 44.2 Å². The van der Waals surface area contributed by atoms with Crippen LogP contribution in [0.3, 0.4) is 0 Å². The topological polar surface area (TPSA) is 41.5 Å². The zero-order chi connectivity index (χ0) is 19.8. The van der Waals surface area contributed by atoms with Gasteiger partial charge in [0, 0.05) is 29.9 Å². The van der Waals surface area contributed by atoms with E-state index in [1.54, 1.807) is 0 Å². The molecule has 3 heteroatoms. The summed E-state index contributed by atoms with van der Waals surface area (Å²) >= 11 is 0. The van der Waals surface area contributed by atoms with Gasteiger partial charge in [-0.2, -0.15) is 5.10 Å². The minimum absolute atomic E-state index is 0.274. The molecule has 5 aliphatic rings. The van der Waals surface area contributed by atoms with Crippen LogP contribution in [0.2, 0.25) is 0 Å². The maximum absolute atomic E-state index is 12.1. The molecule has 8 atom stereocenters. The Morgan fingerprint density at radius 2 is 1.86 bits per heavy atom. The third-order valence-corrected chi connectivity index (χ3v) is 10.2. The van der Waals surface area contributed by atoms with Gasteiger partial charge in [-0.05, 0) is 73.2 Å². The summed E-state index contributed by atoms with van der Waals surface area (Å²) in [5.41, 5.74) is 7.04. The fourth-order valence-corrected chi connectivity index (χ4v) is 8.63. The Bertz CT molecular complexity index is 863. The van der Waals surface area contributed by atoms with E-state index < -0.39 is 0 Å². The first kappa shape index (κ1) is 18.2. The second kappa shape index (κ2) is 6.18. The highest BCUT2D eigenvalue weighted by atomic mass is 16.1. The van der Waals surface area contributed by atoms with Crippen molar-refractivity contribution in [1.29, 1.82) is 0 Å². The van der Waals surface area contributed by atoms with Gasteiger partial charge in [-0.3, -0.25) is 4.79 Å². The lowest BCUT2D eigenvalue weighted by Gasteiger charge is -2.59. The maximum Gasteiger partial charge on any atom is 0.133 e. The van der Waals surface area contributed by atoms with Crippen molar-refractivity contribution in [1.82, 2.24) is 5.43 Å². The monoisotopic (exact) mass is 390 g/mol. The van der Waals surface area contributed by atoms with Gasteiger partial charge in [0.05, 0.1) is 6.04 Å². The van der Waals surface area contributed by atoms with Crippen molar-refractivity contribution in [3.8, 4) is 0 Å². The Balaban J connectivity index is 1.31. The molecule has 4 fully saturated rings. The Labute approximate surface area is 174 Å². The van der Waals surface area contributed by atoms with Crippen LogP contribution in [-0.4, -0.2) is 11.5 Å². The first-order valence-electron chi connectivity index (χ1n) is 11.9. The average molecular weight is 391 g/mol. The maximum atomic E-state index is 12.1. The average Bonchev–Trinajstić information content (AvgIpc) is 3.27. The van der Waals surface area contributed by atoms with Gasteiger partial charge in [-0.15, -0.1) is 0 Å². The zero-order valence-electron chi connectivity index (χ0n) is 17.9. The van der Waals surface area contributed by atoms with E-state index in [1.807, 2.05) is 0 Å². The van der Waals surface area contributed by atoms with Crippen molar-refractivity contribution in [2.75, 3.05) is 0 Å². The van der Waals surface area contributed by atoms with E-state index in [2.05, 4.69) is 49.6 Å². The van der Waals surface area contributed by atoms with E-state index in [-0.39, 0.29) is 5.41 Å². The van der Waals surface area contributed by atoms with Gasteiger partial charge in [0.25, 0.3) is 0 Å². The highest BCUT2D eigenvalue weighted by molar-refractivity contribution is 5.96. The smallest absolute Gasteiger partial charge is 0.133 e. The predicted octanol–water partition coefficient (Wildman–Crippen LogP) is 5.52. The standard InChI is InChI=1S/C26H34N2O/c1-25-12-10-18(29)14-17(25)8-9-19-21(25)11-13-26(2)22(19)15-20-23(27-28-24(20)26)16-6-4-3-5-7-16/h3-7,17,19-23,27H,8-15H2,1-2H3/t17-,19+,20+,21-,22-,23+,25-,26-/m0/s1. The van der Waals surface area contributed by atoms with Crippen molar-refractivity contribution in [3.05, 3.63) is 35.9 Å². The van der Waals surface area contributed by atoms with E-state index in [1.165, 1.54) is 43.4 Å². The number of nitrogens with zero attached hydrogens (tertiary/aromatic N) is 1. The van der Waals surface area contributed by atoms with Crippen LogP contribution in [0.25, 0.3) is 0 Å². The van der Waals surface area contributed by atoms with Crippen molar-refractivity contribution in [2.24, 2.45) is 45.5 Å². The molecule has 0 saturated heterocycles. The molecule has 3 nitrogen and oxygen atoms in total. The molecule has 1 aromatic rings. The number of nitrogens with one attached hydrogen (secondary N) is 1. The van der Waals surface area contributed by atoms with Gasteiger partial charge in [0.15, 0.2) is 0 Å². The lowest BCUT2D eigenvalue weighted by Crippen LogP contribution is -2.53. The fourth-order valence-electron chi connectivity index (χ4n) is 8.63. The molecule has 1 heterocycles. The summed E-state index contributed by atoms with van der Waals surface area (Å²) < 4.78 is 0. The molecule has 1 N–H and O–H groups in total. The molecule has 0 unspecified atom stereocenters. The highest BCUT2D eigenvalue weighted by Crippen LogP contribution is 2.67. The molecule has 4 aliphatic carbocycles.